The summed E-state index contributed by atoms with van der Waals surface area (Å²) >= 11 is 6.34. The highest BCUT2D eigenvalue weighted by Gasteiger charge is 2.51. The highest BCUT2D eigenvalue weighted by atomic mass is 35.5. The van der Waals surface area contributed by atoms with E-state index in [1.807, 2.05) is 0 Å². The van der Waals surface area contributed by atoms with Crippen LogP contribution in [0.15, 0.2) is 18.2 Å². The van der Waals surface area contributed by atoms with Gasteiger partial charge in [-0.2, -0.15) is 0 Å². The maximum Gasteiger partial charge on any atom is 0.137 e. The number of methoxy groups -OCH3 is 1. The van der Waals surface area contributed by atoms with Crippen LogP contribution in [0.5, 0.6) is 5.75 Å². The van der Waals surface area contributed by atoms with E-state index < -0.39 is 0 Å². The number of halogens is 1. The van der Waals surface area contributed by atoms with E-state index in [1.165, 1.54) is 44.1 Å². The fraction of sp³-hybridized carbons (Fsp3) is 0.647. The summed E-state index contributed by atoms with van der Waals surface area (Å²) in [5, 5.41) is 0.774. The van der Waals surface area contributed by atoms with Gasteiger partial charge in [-0.15, -0.1) is 0 Å². The van der Waals surface area contributed by atoms with Crippen LogP contribution in [0, 0.1) is 17.8 Å². The van der Waals surface area contributed by atoms with Crippen LogP contribution in [0.1, 0.15) is 44.1 Å². The van der Waals surface area contributed by atoms with Crippen molar-refractivity contribution in [1.82, 2.24) is 0 Å². The third kappa shape index (κ3) is 1.81. The van der Waals surface area contributed by atoms with Gasteiger partial charge in [0, 0.05) is 0 Å². The molecule has 0 N–H and O–H groups in total. The molecule has 5 rings (SSSR count). The van der Waals surface area contributed by atoms with Crippen molar-refractivity contribution >= 4 is 11.6 Å². The SMILES string of the molecule is COc1ccc(C23CC4CC(CC(C4)C2)C3)cc1Cl. The largest absolute Gasteiger partial charge is 0.495 e. The molecule has 0 heterocycles. The third-order valence-electron chi connectivity index (χ3n) is 5.80. The molecule has 2 heteroatoms. The van der Waals surface area contributed by atoms with Crippen LogP contribution in [0.3, 0.4) is 0 Å². The van der Waals surface area contributed by atoms with Crippen LogP contribution in [-0.2, 0) is 5.41 Å². The lowest BCUT2D eigenvalue weighted by Gasteiger charge is -2.57. The lowest BCUT2D eigenvalue weighted by Crippen LogP contribution is -2.48. The van der Waals surface area contributed by atoms with E-state index in [4.69, 9.17) is 16.3 Å². The molecule has 1 nitrogen and oxygen atoms in total. The molecule has 0 spiro atoms. The Morgan fingerprint density at radius 1 is 1.05 bits per heavy atom. The van der Waals surface area contributed by atoms with Gasteiger partial charge in [0.1, 0.15) is 5.75 Å². The van der Waals surface area contributed by atoms with Gasteiger partial charge in [-0.3, -0.25) is 0 Å². The molecular weight excluding hydrogens is 256 g/mol. The molecule has 0 atom stereocenters. The van der Waals surface area contributed by atoms with Crippen LogP contribution < -0.4 is 4.74 Å². The van der Waals surface area contributed by atoms with Crippen LogP contribution in [-0.4, -0.2) is 7.11 Å². The zero-order valence-electron chi connectivity index (χ0n) is 11.5. The Balaban J connectivity index is 1.73. The molecular formula is C17H21ClO. The Kier molecular flexibility index (Phi) is 2.64. The van der Waals surface area contributed by atoms with Gasteiger partial charge < -0.3 is 4.74 Å². The number of hydrogen-bond donors (Lipinski definition) is 0. The first-order chi connectivity index (χ1) is 9.18. The van der Waals surface area contributed by atoms with Crippen molar-refractivity contribution in [2.45, 2.75) is 43.9 Å². The summed E-state index contributed by atoms with van der Waals surface area (Å²) in [7, 11) is 1.69. The summed E-state index contributed by atoms with van der Waals surface area (Å²) in [6.45, 7) is 0. The van der Waals surface area contributed by atoms with Crippen LogP contribution >= 0.6 is 11.6 Å². The van der Waals surface area contributed by atoms with Crippen molar-refractivity contribution in [2.75, 3.05) is 7.11 Å². The fourth-order valence-electron chi connectivity index (χ4n) is 5.46. The second-order valence-corrected chi connectivity index (χ2v) is 7.45. The Labute approximate surface area is 120 Å². The van der Waals surface area contributed by atoms with Crippen LogP contribution in [0.2, 0.25) is 5.02 Å². The van der Waals surface area contributed by atoms with Crippen LogP contribution in [0.4, 0.5) is 0 Å². The van der Waals surface area contributed by atoms with Crippen molar-refractivity contribution in [3.63, 3.8) is 0 Å². The number of benzene rings is 1. The zero-order chi connectivity index (χ0) is 13.0. The Morgan fingerprint density at radius 3 is 2.11 bits per heavy atom. The summed E-state index contributed by atoms with van der Waals surface area (Å²) in [5.41, 5.74) is 1.90. The van der Waals surface area contributed by atoms with Crippen LogP contribution in [0.25, 0.3) is 0 Å². The third-order valence-corrected chi connectivity index (χ3v) is 6.10. The van der Waals surface area contributed by atoms with Gasteiger partial charge in [0.25, 0.3) is 0 Å². The summed E-state index contributed by atoms with van der Waals surface area (Å²) in [6, 6.07) is 6.49. The molecule has 0 aliphatic heterocycles. The van der Waals surface area contributed by atoms with E-state index in [-0.39, 0.29) is 0 Å². The lowest BCUT2D eigenvalue weighted by molar-refractivity contribution is -0.00519. The van der Waals surface area contributed by atoms with Crippen molar-refractivity contribution < 1.29 is 4.74 Å². The normalized spacial score (nSPS) is 39.6. The van der Waals surface area contributed by atoms with Gasteiger partial charge in [-0.1, -0.05) is 17.7 Å². The highest BCUT2D eigenvalue weighted by Crippen LogP contribution is 2.60. The molecule has 4 aliphatic carbocycles. The van der Waals surface area contributed by atoms with E-state index in [0.29, 0.717) is 5.41 Å². The maximum atomic E-state index is 6.34. The van der Waals surface area contributed by atoms with E-state index in [2.05, 4.69) is 18.2 Å². The van der Waals surface area contributed by atoms with Gasteiger partial charge in [-0.05, 0) is 79.4 Å². The second-order valence-electron chi connectivity index (χ2n) is 7.05. The predicted octanol–water partition coefficient (Wildman–Crippen LogP) is 4.82. The minimum Gasteiger partial charge on any atom is -0.495 e. The minimum atomic E-state index is 0.435. The van der Waals surface area contributed by atoms with Crippen molar-refractivity contribution in [3.8, 4) is 5.75 Å². The molecule has 0 saturated heterocycles. The zero-order valence-corrected chi connectivity index (χ0v) is 12.2. The molecule has 0 aromatic heterocycles. The molecule has 1 aromatic carbocycles. The molecule has 4 saturated carbocycles. The Bertz CT molecular complexity index is 473. The first-order valence-electron chi connectivity index (χ1n) is 7.52. The quantitative estimate of drug-likeness (QED) is 0.753. The van der Waals surface area contributed by atoms with Gasteiger partial charge in [0.2, 0.25) is 0 Å². The van der Waals surface area contributed by atoms with Gasteiger partial charge in [-0.25, -0.2) is 0 Å². The van der Waals surface area contributed by atoms with Crippen molar-refractivity contribution in [3.05, 3.63) is 28.8 Å². The summed E-state index contributed by atoms with van der Waals surface area (Å²) < 4.78 is 5.29. The summed E-state index contributed by atoms with van der Waals surface area (Å²) in [4.78, 5) is 0. The molecule has 1 aromatic rings. The van der Waals surface area contributed by atoms with E-state index in [9.17, 15) is 0 Å². The van der Waals surface area contributed by atoms with Crippen molar-refractivity contribution in [2.24, 2.45) is 17.8 Å². The molecule has 102 valence electrons. The molecule has 4 bridgehead atoms. The molecule has 4 aliphatic rings. The molecule has 4 fully saturated rings. The number of rotatable bonds is 2. The maximum absolute atomic E-state index is 6.34. The average Bonchev–Trinajstić information content (AvgIpc) is 2.37. The van der Waals surface area contributed by atoms with Gasteiger partial charge in [0.15, 0.2) is 0 Å². The number of ether oxygens (including phenoxy) is 1. The average molecular weight is 277 g/mol. The number of hydrogen-bond acceptors (Lipinski definition) is 1. The van der Waals surface area contributed by atoms with E-state index in [0.717, 1.165) is 28.5 Å². The smallest absolute Gasteiger partial charge is 0.137 e. The molecule has 0 amide bonds. The Hall–Kier alpha value is -0.690. The van der Waals surface area contributed by atoms with E-state index >= 15 is 0 Å². The first kappa shape index (κ1) is 12.1. The van der Waals surface area contributed by atoms with Crippen molar-refractivity contribution in [1.29, 1.82) is 0 Å². The second kappa shape index (κ2) is 4.15. The van der Waals surface area contributed by atoms with Gasteiger partial charge >= 0.3 is 0 Å². The minimum absolute atomic E-state index is 0.435. The molecule has 19 heavy (non-hydrogen) atoms. The summed E-state index contributed by atoms with van der Waals surface area (Å²) in [5.74, 6) is 3.74. The predicted molar refractivity (Wildman–Crippen MR) is 77.9 cm³/mol. The monoisotopic (exact) mass is 276 g/mol. The first-order valence-corrected chi connectivity index (χ1v) is 7.90. The Morgan fingerprint density at radius 2 is 1.63 bits per heavy atom. The topological polar surface area (TPSA) is 9.23 Å². The highest BCUT2D eigenvalue weighted by molar-refractivity contribution is 6.32. The molecule has 0 unspecified atom stereocenters. The molecule has 0 radical (unpaired) electrons. The van der Waals surface area contributed by atoms with E-state index in [1.54, 1.807) is 7.11 Å². The lowest BCUT2D eigenvalue weighted by atomic mass is 9.48. The summed E-state index contributed by atoms with van der Waals surface area (Å²) in [6.07, 6.45) is 8.64. The standard InChI is InChI=1S/C17H21ClO/c1-19-16-3-2-14(7-15(16)18)17-8-11-4-12(9-17)6-13(5-11)10-17/h2-3,7,11-13H,4-6,8-10H2,1H3. The fourth-order valence-corrected chi connectivity index (χ4v) is 5.72. The van der Waals surface area contributed by atoms with Gasteiger partial charge in [0.05, 0.1) is 12.1 Å².